The van der Waals surface area contributed by atoms with E-state index in [1.54, 1.807) is 20.8 Å². The lowest BCUT2D eigenvalue weighted by Gasteiger charge is -2.38. The first-order valence-corrected chi connectivity index (χ1v) is 11.0. The molecule has 8 heteroatoms. The van der Waals surface area contributed by atoms with Gasteiger partial charge in [0.15, 0.2) is 5.78 Å². The van der Waals surface area contributed by atoms with Crippen LogP contribution in [0.3, 0.4) is 0 Å². The molecular formula is C24H27ClFNO5. The molecule has 0 saturated carbocycles. The first-order chi connectivity index (χ1) is 15.1. The Bertz CT molecular complexity index is 1010. The third-order valence-electron chi connectivity index (χ3n) is 6.13. The second kappa shape index (κ2) is 9.45. The molecule has 3 rings (SSSR count). The topological polar surface area (TPSA) is 81.7 Å². The van der Waals surface area contributed by atoms with Gasteiger partial charge in [-0.15, -0.1) is 0 Å². The van der Waals surface area contributed by atoms with E-state index in [1.807, 2.05) is 6.92 Å². The average molecular weight is 464 g/mol. The van der Waals surface area contributed by atoms with Gasteiger partial charge in [-0.2, -0.15) is 0 Å². The zero-order chi connectivity index (χ0) is 23.7. The molecule has 0 spiro atoms. The summed E-state index contributed by atoms with van der Waals surface area (Å²) in [7, 11) is 1.22. The average Bonchev–Trinajstić information content (AvgIpc) is 2.72. The highest BCUT2D eigenvalue weighted by molar-refractivity contribution is 6.31. The number of methoxy groups -OCH3 is 1. The van der Waals surface area contributed by atoms with Crippen molar-refractivity contribution in [3.63, 3.8) is 0 Å². The molecule has 1 aliphatic heterocycles. The van der Waals surface area contributed by atoms with E-state index in [9.17, 15) is 14.4 Å². The molecule has 0 aromatic heterocycles. The van der Waals surface area contributed by atoms with E-state index in [0.717, 1.165) is 0 Å². The van der Waals surface area contributed by atoms with Crippen molar-refractivity contribution in [1.82, 2.24) is 5.32 Å². The van der Waals surface area contributed by atoms with Crippen LogP contribution in [0.1, 0.15) is 52.0 Å². The van der Waals surface area contributed by atoms with Gasteiger partial charge in [-0.3, -0.25) is 9.59 Å². The number of hydrogen-bond donors (Lipinski definition) is 1. The van der Waals surface area contributed by atoms with Gasteiger partial charge in [-0.25, -0.2) is 9.18 Å². The molecule has 0 unspecified atom stereocenters. The number of rotatable bonds is 5. The number of Topliss-reactive ketones (excluding diaryl/α,β-unsaturated/α-hetero) is 1. The van der Waals surface area contributed by atoms with Crippen LogP contribution < -0.4 is 5.32 Å². The lowest BCUT2D eigenvalue weighted by Crippen LogP contribution is -2.43. The van der Waals surface area contributed by atoms with Crippen molar-refractivity contribution in [1.29, 1.82) is 0 Å². The number of nitrogens with one attached hydrogen (secondary N) is 1. The molecule has 6 nitrogen and oxygen atoms in total. The minimum absolute atomic E-state index is 0.00476. The van der Waals surface area contributed by atoms with Crippen molar-refractivity contribution in [2.45, 2.75) is 52.6 Å². The molecule has 172 valence electrons. The molecule has 1 aliphatic carbocycles. The molecule has 1 N–H and O–H groups in total. The Kier molecular flexibility index (Phi) is 7.08. The van der Waals surface area contributed by atoms with Crippen molar-refractivity contribution < 1.29 is 28.2 Å². The van der Waals surface area contributed by atoms with E-state index < -0.39 is 35.4 Å². The summed E-state index contributed by atoms with van der Waals surface area (Å²) < 4.78 is 25.5. The van der Waals surface area contributed by atoms with Crippen molar-refractivity contribution in [2.24, 2.45) is 11.8 Å². The van der Waals surface area contributed by atoms with E-state index in [2.05, 4.69) is 5.32 Å². The summed E-state index contributed by atoms with van der Waals surface area (Å²) in [5.41, 5.74) is 1.25. The molecule has 0 bridgehead atoms. The number of allylic oxidation sites excluding steroid dienone is 3. The van der Waals surface area contributed by atoms with Crippen LogP contribution in [0, 0.1) is 17.7 Å². The lowest BCUT2D eigenvalue weighted by atomic mass is 9.69. The van der Waals surface area contributed by atoms with E-state index >= 15 is 4.39 Å². The second-order valence-electron chi connectivity index (χ2n) is 8.29. The maximum atomic E-state index is 15.1. The van der Waals surface area contributed by atoms with Gasteiger partial charge >= 0.3 is 11.9 Å². The fourth-order valence-corrected chi connectivity index (χ4v) is 4.63. The van der Waals surface area contributed by atoms with Gasteiger partial charge in [-0.05, 0) is 44.7 Å². The molecule has 1 heterocycles. The molecule has 0 fully saturated rings. The van der Waals surface area contributed by atoms with E-state index in [1.165, 1.54) is 25.3 Å². The Morgan fingerprint density at radius 1 is 1.34 bits per heavy atom. The van der Waals surface area contributed by atoms with Crippen LogP contribution in [-0.2, 0) is 23.9 Å². The monoisotopic (exact) mass is 463 g/mol. The molecular weight excluding hydrogens is 437 g/mol. The Labute approximate surface area is 191 Å². The quantitative estimate of drug-likeness (QED) is 0.513. The number of carbonyl (C=O) groups excluding carboxylic acids is 3. The van der Waals surface area contributed by atoms with Crippen molar-refractivity contribution >= 4 is 29.3 Å². The lowest BCUT2D eigenvalue weighted by molar-refractivity contribution is -0.151. The maximum absolute atomic E-state index is 15.1. The van der Waals surface area contributed by atoms with Crippen LogP contribution in [0.4, 0.5) is 4.39 Å². The molecule has 4 atom stereocenters. The molecule has 2 aliphatic rings. The summed E-state index contributed by atoms with van der Waals surface area (Å²) in [5, 5.41) is 3.21. The molecule has 32 heavy (non-hydrogen) atoms. The summed E-state index contributed by atoms with van der Waals surface area (Å²) in [5.74, 6) is -4.99. The van der Waals surface area contributed by atoms with Gasteiger partial charge in [0.25, 0.3) is 0 Å². The van der Waals surface area contributed by atoms with Crippen LogP contribution in [-0.4, -0.2) is 30.9 Å². The van der Waals surface area contributed by atoms with Crippen molar-refractivity contribution in [2.75, 3.05) is 7.11 Å². The number of halogens is 2. The minimum Gasteiger partial charge on any atom is -0.468 e. The number of benzene rings is 1. The predicted octanol–water partition coefficient (Wildman–Crippen LogP) is 4.43. The predicted molar refractivity (Wildman–Crippen MR) is 117 cm³/mol. The normalized spacial score (nSPS) is 24.0. The SMILES string of the molecule is CC[C@@H](C)OC(=O)C1=C(C)NC2=C(C(=O)[C@H](C(=O)OC)[C@H](C)C2)[C@@H]1c1c(F)cccc1Cl. The third kappa shape index (κ3) is 4.18. The van der Waals surface area contributed by atoms with Gasteiger partial charge in [0.1, 0.15) is 11.7 Å². The van der Waals surface area contributed by atoms with Crippen LogP contribution in [0.2, 0.25) is 5.02 Å². The fourth-order valence-electron chi connectivity index (χ4n) is 4.36. The minimum atomic E-state index is -1.11. The van der Waals surface area contributed by atoms with Crippen molar-refractivity contribution in [3.8, 4) is 0 Å². The number of carbonyl (C=O) groups is 3. The molecule has 0 saturated heterocycles. The Hall–Kier alpha value is -2.67. The van der Waals surface area contributed by atoms with E-state index in [-0.39, 0.29) is 33.8 Å². The van der Waals surface area contributed by atoms with Gasteiger partial charge in [-0.1, -0.05) is 31.5 Å². The highest BCUT2D eigenvalue weighted by Gasteiger charge is 2.48. The maximum Gasteiger partial charge on any atom is 0.337 e. The summed E-state index contributed by atoms with van der Waals surface area (Å²) >= 11 is 6.39. The van der Waals surface area contributed by atoms with E-state index in [0.29, 0.717) is 24.2 Å². The van der Waals surface area contributed by atoms with Crippen LogP contribution in [0.25, 0.3) is 0 Å². The number of dihydropyridines is 1. The first kappa shape index (κ1) is 24.0. The van der Waals surface area contributed by atoms with E-state index in [4.69, 9.17) is 21.1 Å². The third-order valence-corrected chi connectivity index (χ3v) is 6.46. The molecule has 1 aromatic rings. The number of hydrogen-bond acceptors (Lipinski definition) is 6. The number of ether oxygens (including phenoxy) is 2. The first-order valence-electron chi connectivity index (χ1n) is 10.6. The summed E-state index contributed by atoms with van der Waals surface area (Å²) in [6.45, 7) is 7.08. The standard InChI is InChI=1S/C24H27ClFNO5/c1-6-12(3)32-24(30)18-13(4)27-16-10-11(2)17(23(29)31-5)22(28)20(16)21(18)19-14(25)8-7-9-15(19)26/h7-9,11-12,17,21,27H,6,10H2,1-5H3/t11-,12-,17-,21+/m1/s1. The Morgan fingerprint density at radius 3 is 2.62 bits per heavy atom. The Morgan fingerprint density at radius 2 is 2.03 bits per heavy atom. The highest BCUT2D eigenvalue weighted by atomic mass is 35.5. The summed E-state index contributed by atoms with van der Waals surface area (Å²) in [6, 6.07) is 4.18. The van der Waals surface area contributed by atoms with Gasteiger partial charge in [0.05, 0.1) is 24.7 Å². The summed E-state index contributed by atoms with van der Waals surface area (Å²) in [4.78, 5) is 39.2. The second-order valence-corrected chi connectivity index (χ2v) is 8.70. The zero-order valence-electron chi connectivity index (χ0n) is 18.8. The van der Waals surface area contributed by atoms with Gasteiger partial charge < -0.3 is 14.8 Å². The largest absolute Gasteiger partial charge is 0.468 e. The van der Waals surface area contributed by atoms with Crippen LogP contribution >= 0.6 is 11.6 Å². The Balaban J connectivity index is 2.23. The van der Waals surface area contributed by atoms with Crippen LogP contribution in [0.15, 0.2) is 40.7 Å². The molecule has 1 aromatic carbocycles. The number of ketones is 1. The summed E-state index contributed by atoms with van der Waals surface area (Å²) in [6.07, 6.45) is 0.569. The molecule has 0 amide bonds. The molecule has 0 radical (unpaired) electrons. The smallest absolute Gasteiger partial charge is 0.337 e. The van der Waals surface area contributed by atoms with Crippen molar-refractivity contribution in [3.05, 3.63) is 57.1 Å². The zero-order valence-corrected chi connectivity index (χ0v) is 19.5. The van der Waals surface area contributed by atoms with Gasteiger partial charge in [0.2, 0.25) is 0 Å². The fraction of sp³-hybridized carbons (Fsp3) is 0.458. The van der Waals surface area contributed by atoms with Crippen LogP contribution in [0.5, 0.6) is 0 Å². The van der Waals surface area contributed by atoms with Gasteiger partial charge in [0, 0.05) is 27.6 Å². The highest BCUT2D eigenvalue weighted by Crippen LogP contribution is 2.47. The number of esters is 2.